The lowest BCUT2D eigenvalue weighted by Crippen LogP contribution is -1.94. The number of hydrogen-bond acceptors (Lipinski definition) is 2. The minimum Gasteiger partial charge on any atom is -0.258 e. The molecule has 0 saturated heterocycles. The van der Waals surface area contributed by atoms with Crippen molar-refractivity contribution in [3.05, 3.63) is 61.3 Å². The summed E-state index contributed by atoms with van der Waals surface area (Å²) in [7, 11) is 0. The molecule has 2 aromatic carbocycles. The quantitative estimate of drug-likeness (QED) is 0.424. The third kappa shape index (κ3) is 2.81. The normalized spacial score (nSPS) is 10.5. The van der Waals surface area contributed by atoms with Gasteiger partial charge in [-0.3, -0.25) is 10.1 Å². The van der Waals surface area contributed by atoms with Crippen LogP contribution in [0.5, 0.6) is 0 Å². The largest absolute Gasteiger partial charge is 0.280 e. The number of nitro benzene ring substituents is 1. The van der Waals surface area contributed by atoms with E-state index in [-0.39, 0.29) is 26.2 Å². The van der Waals surface area contributed by atoms with Gasteiger partial charge in [-0.2, -0.15) is 0 Å². The Morgan fingerprint density at radius 2 is 1.74 bits per heavy atom. The van der Waals surface area contributed by atoms with Crippen molar-refractivity contribution < 1.29 is 9.31 Å². The van der Waals surface area contributed by atoms with Gasteiger partial charge in [-0.1, -0.05) is 34.8 Å². The number of nitrogens with zero attached hydrogens (tertiary/aromatic N) is 1. The first-order valence-corrected chi connectivity index (χ1v) is 6.12. The van der Waals surface area contributed by atoms with Gasteiger partial charge in [0.1, 0.15) is 5.82 Å². The Morgan fingerprint density at radius 3 is 2.37 bits per heavy atom. The van der Waals surface area contributed by atoms with Gasteiger partial charge in [0.05, 0.1) is 26.6 Å². The Labute approximate surface area is 122 Å². The Hall–Kier alpha value is -1.36. The van der Waals surface area contributed by atoms with Crippen molar-refractivity contribution in [2.75, 3.05) is 0 Å². The van der Waals surface area contributed by atoms with E-state index >= 15 is 0 Å². The topological polar surface area (TPSA) is 43.1 Å². The highest BCUT2D eigenvalue weighted by atomic mass is 35.5. The SMILES string of the molecule is O=[N+]([O-])c1cc(F)ccc1-c1cc(Cl)cc(Cl)c1Cl. The molecule has 0 unspecified atom stereocenters. The lowest BCUT2D eigenvalue weighted by Gasteiger charge is -2.08. The van der Waals surface area contributed by atoms with Crippen molar-refractivity contribution in [3.63, 3.8) is 0 Å². The van der Waals surface area contributed by atoms with Crippen molar-refractivity contribution in [2.45, 2.75) is 0 Å². The summed E-state index contributed by atoms with van der Waals surface area (Å²) in [5, 5.41) is 11.5. The average molecular weight is 321 g/mol. The third-order valence-electron chi connectivity index (χ3n) is 2.44. The number of halogens is 4. The fourth-order valence-electron chi connectivity index (χ4n) is 1.64. The smallest absolute Gasteiger partial charge is 0.258 e. The fraction of sp³-hybridized carbons (Fsp3) is 0. The van der Waals surface area contributed by atoms with Gasteiger partial charge in [0.25, 0.3) is 5.69 Å². The molecular formula is C12H5Cl3FNO2. The minimum atomic E-state index is -0.709. The summed E-state index contributed by atoms with van der Waals surface area (Å²) in [6.45, 7) is 0. The summed E-state index contributed by atoms with van der Waals surface area (Å²) in [6.07, 6.45) is 0. The van der Waals surface area contributed by atoms with Crippen LogP contribution < -0.4 is 0 Å². The average Bonchev–Trinajstić information content (AvgIpc) is 2.34. The lowest BCUT2D eigenvalue weighted by atomic mass is 10.0. The maximum atomic E-state index is 13.1. The number of hydrogen-bond donors (Lipinski definition) is 0. The molecule has 0 N–H and O–H groups in total. The molecule has 0 amide bonds. The number of rotatable bonds is 2. The zero-order valence-corrected chi connectivity index (χ0v) is 11.4. The van der Waals surface area contributed by atoms with Crippen LogP contribution in [-0.2, 0) is 0 Å². The molecule has 19 heavy (non-hydrogen) atoms. The summed E-state index contributed by atoms with van der Waals surface area (Å²) in [5.74, 6) is -0.709. The molecule has 0 aliphatic carbocycles. The predicted octanol–water partition coefficient (Wildman–Crippen LogP) is 5.36. The fourth-order valence-corrected chi connectivity index (χ4v) is 2.34. The van der Waals surface area contributed by atoms with Crippen LogP contribution in [0.15, 0.2) is 30.3 Å². The maximum absolute atomic E-state index is 13.1. The molecule has 0 radical (unpaired) electrons. The Kier molecular flexibility index (Phi) is 3.94. The molecule has 0 atom stereocenters. The molecular weight excluding hydrogens is 315 g/mol. The zero-order valence-electron chi connectivity index (χ0n) is 9.16. The molecule has 0 heterocycles. The van der Waals surface area contributed by atoms with Crippen molar-refractivity contribution in [1.29, 1.82) is 0 Å². The molecule has 98 valence electrons. The van der Waals surface area contributed by atoms with Crippen LogP contribution in [0.4, 0.5) is 10.1 Å². The van der Waals surface area contributed by atoms with Gasteiger partial charge in [0.2, 0.25) is 0 Å². The van der Waals surface area contributed by atoms with E-state index in [1.807, 2.05) is 0 Å². The van der Waals surface area contributed by atoms with E-state index in [0.717, 1.165) is 12.1 Å². The summed E-state index contributed by atoms with van der Waals surface area (Å²) in [4.78, 5) is 10.3. The van der Waals surface area contributed by atoms with Crippen molar-refractivity contribution in [3.8, 4) is 11.1 Å². The van der Waals surface area contributed by atoms with Crippen molar-refractivity contribution in [2.24, 2.45) is 0 Å². The molecule has 2 rings (SSSR count). The highest BCUT2D eigenvalue weighted by Gasteiger charge is 2.20. The predicted molar refractivity (Wildman–Crippen MR) is 73.5 cm³/mol. The van der Waals surface area contributed by atoms with Crippen molar-refractivity contribution in [1.82, 2.24) is 0 Å². The Bertz CT molecular complexity index is 676. The van der Waals surface area contributed by atoms with Crippen LogP contribution in [-0.4, -0.2) is 4.92 Å². The second-order valence-corrected chi connectivity index (χ2v) is 4.89. The summed E-state index contributed by atoms with van der Waals surface area (Å²) in [6, 6.07) is 6.05. The van der Waals surface area contributed by atoms with Crippen LogP contribution >= 0.6 is 34.8 Å². The Balaban J connectivity index is 2.75. The van der Waals surface area contributed by atoms with E-state index in [0.29, 0.717) is 0 Å². The first-order chi connectivity index (χ1) is 8.90. The molecule has 7 heteroatoms. The summed E-state index contributed by atoms with van der Waals surface area (Å²) >= 11 is 17.7. The van der Waals surface area contributed by atoms with Crippen LogP contribution in [0, 0.1) is 15.9 Å². The Morgan fingerprint density at radius 1 is 1.05 bits per heavy atom. The molecule has 0 aromatic heterocycles. The highest BCUT2D eigenvalue weighted by molar-refractivity contribution is 6.45. The molecule has 0 aliphatic rings. The van der Waals surface area contributed by atoms with Crippen LogP contribution in [0.2, 0.25) is 15.1 Å². The standard InChI is InChI=1S/C12H5Cl3FNO2/c13-6-3-9(12(15)10(14)4-6)8-2-1-7(16)5-11(8)17(18)19/h1-5H. The monoisotopic (exact) mass is 319 g/mol. The first-order valence-electron chi connectivity index (χ1n) is 4.99. The van der Waals surface area contributed by atoms with Crippen molar-refractivity contribution >= 4 is 40.5 Å². The van der Waals surface area contributed by atoms with Gasteiger partial charge in [0, 0.05) is 10.6 Å². The third-order valence-corrected chi connectivity index (χ3v) is 3.46. The van der Waals surface area contributed by atoms with Crippen LogP contribution in [0.3, 0.4) is 0 Å². The van der Waals surface area contributed by atoms with Gasteiger partial charge in [0.15, 0.2) is 0 Å². The second kappa shape index (κ2) is 5.33. The van der Waals surface area contributed by atoms with E-state index in [1.54, 1.807) is 0 Å². The maximum Gasteiger partial charge on any atom is 0.280 e. The van der Waals surface area contributed by atoms with Crippen LogP contribution in [0.25, 0.3) is 11.1 Å². The molecule has 2 aromatic rings. The molecule has 0 saturated carbocycles. The van der Waals surface area contributed by atoms with E-state index in [1.165, 1.54) is 18.2 Å². The van der Waals surface area contributed by atoms with Gasteiger partial charge >= 0.3 is 0 Å². The first kappa shape index (κ1) is 14.1. The van der Waals surface area contributed by atoms with Gasteiger partial charge in [-0.05, 0) is 24.3 Å². The molecule has 0 spiro atoms. The summed E-state index contributed by atoms with van der Waals surface area (Å²) < 4.78 is 13.1. The number of benzene rings is 2. The molecule has 0 aliphatic heterocycles. The van der Waals surface area contributed by atoms with E-state index < -0.39 is 16.4 Å². The molecule has 3 nitrogen and oxygen atoms in total. The van der Waals surface area contributed by atoms with Gasteiger partial charge in [-0.15, -0.1) is 0 Å². The van der Waals surface area contributed by atoms with E-state index in [2.05, 4.69) is 0 Å². The lowest BCUT2D eigenvalue weighted by molar-refractivity contribution is -0.384. The highest BCUT2D eigenvalue weighted by Crippen LogP contribution is 2.40. The van der Waals surface area contributed by atoms with Crippen LogP contribution in [0.1, 0.15) is 0 Å². The molecule has 0 bridgehead atoms. The van der Waals surface area contributed by atoms with E-state index in [9.17, 15) is 14.5 Å². The second-order valence-electron chi connectivity index (χ2n) is 3.67. The van der Waals surface area contributed by atoms with Gasteiger partial charge in [-0.25, -0.2) is 4.39 Å². The zero-order chi connectivity index (χ0) is 14.2. The minimum absolute atomic E-state index is 0.126. The summed E-state index contributed by atoms with van der Waals surface area (Å²) in [5.41, 5.74) is 0.0342. The van der Waals surface area contributed by atoms with Gasteiger partial charge < -0.3 is 0 Å². The molecule has 0 fully saturated rings. The number of nitro groups is 1. The van der Waals surface area contributed by atoms with E-state index in [4.69, 9.17) is 34.8 Å².